The van der Waals surface area contributed by atoms with Gasteiger partial charge in [0.1, 0.15) is 6.10 Å². The maximum absolute atomic E-state index is 15.1. The van der Waals surface area contributed by atoms with Gasteiger partial charge in [-0.2, -0.15) is 0 Å². The smallest absolute Gasteiger partial charge is 0.337 e. The van der Waals surface area contributed by atoms with Gasteiger partial charge >= 0.3 is 5.97 Å². The van der Waals surface area contributed by atoms with E-state index in [0.717, 1.165) is 31.1 Å². The molecule has 0 aromatic heterocycles. The lowest BCUT2D eigenvalue weighted by atomic mass is 10.1. The van der Waals surface area contributed by atoms with Crippen LogP contribution in [0.15, 0.2) is 182 Å². The number of carbonyl (C=O) groups is 1. The largest absolute Gasteiger partial charge is 0.455 e. The number of rotatable bonds is 13. The van der Waals surface area contributed by atoms with Gasteiger partial charge in [-0.15, -0.1) is 0 Å². The van der Waals surface area contributed by atoms with Crippen LogP contribution in [0.3, 0.4) is 0 Å². The normalized spacial score (nSPS) is 17.9. The minimum absolute atomic E-state index is 0.127. The Kier molecular flexibility index (Phi) is 12.8. The molecular formula is C53H62O5Si3. The van der Waals surface area contributed by atoms with Crippen molar-refractivity contribution in [1.82, 2.24) is 0 Å². The van der Waals surface area contributed by atoms with Gasteiger partial charge in [0.15, 0.2) is 12.2 Å². The van der Waals surface area contributed by atoms with E-state index in [1.54, 1.807) is 0 Å². The van der Waals surface area contributed by atoms with Gasteiger partial charge in [0.05, 0.1) is 6.61 Å². The number of benzene rings is 6. The Morgan fingerprint density at radius 1 is 0.410 bits per heavy atom. The molecule has 0 spiro atoms. The first-order valence-electron chi connectivity index (χ1n) is 21.6. The minimum atomic E-state index is -3.30. The monoisotopic (exact) mass is 862 g/mol. The van der Waals surface area contributed by atoms with Crippen molar-refractivity contribution in [3.8, 4) is 0 Å². The van der Waals surface area contributed by atoms with E-state index in [0.29, 0.717) is 0 Å². The van der Waals surface area contributed by atoms with Gasteiger partial charge in [0.2, 0.25) is 0 Å². The first kappa shape index (κ1) is 44.4. The number of ether oxygens (including phenoxy) is 1. The molecule has 0 N–H and O–H groups in total. The maximum atomic E-state index is 15.1. The van der Waals surface area contributed by atoms with E-state index in [9.17, 15) is 0 Å². The number of carbonyl (C=O) groups excluding carboxylic acids is 1. The molecule has 0 saturated carbocycles. The summed E-state index contributed by atoms with van der Waals surface area (Å²) in [5, 5.41) is 5.62. The molecule has 7 rings (SSSR count). The molecule has 1 fully saturated rings. The summed E-state index contributed by atoms with van der Waals surface area (Å²) in [4.78, 5) is 15.1. The van der Waals surface area contributed by atoms with E-state index in [1.165, 1.54) is 0 Å². The van der Waals surface area contributed by atoms with Gasteiger partial charge in [-0.3, -0.25) is 0 Å². The second-order valence-corrected chi connectivity index (χ2v) is 32.2. The highest BCUT2D eigenvalue weighted by Gasteiger charge is 2.61. The first-order chi connectivity index (χ1) is 29.1. The van der Waals surface area contributed by atoms with Crippen molar-refractivity contribution in [3.63, 3.8) is 0 Å². The van der Waals surface area contributed by atoms with Crippen LogP contribution in [0.1, 0.15) is 62.3 Å². The highest BCUT2D eigenvalue weighted by Crippen LogP contribution is 2.44. The molecule has 0 aliphatic carbocycles. The zero-order valence-electron chi connectivity index (χ0n) is 37.3. The molecule has 6 aromatic rings. The van der Waals surface area contributed by atoms with Crippen molar-refractivity contribution in [3.05, 3.63) is 182 Å². The molecule has 0 unspecified atom stereocenters. The Bertz CT molecular complexity index is 2210. The molecule has 3 atom stereocenters. The summed E-state index contributed by atoms with van der Waals surface area (Å²) in [6, 6.07) is 63.4. The van der Waals surface area contributed by atoms with E-state index in [1.807, 2.05) is 24.3 Å². The Balaban J connectivity index is 1.45. The molecule has 6 aromatic carbocycles. The third kappa shape index (κ3) is 8.22. The van der Waals surface area contributed by atoms with Crippen molar-refractivity contribution in [1.29, 1.82) is 0 Å². The van der Waals surface area contributed by atoms with Crippen LogP contribution in [0.4, 0.5) is 0 Å². The van der Waals surface area contributed by atoms with Crippen LogP contribution in [0.5, 0.6) is 0 Å². The third-order valence-electron chi connectivity index (χ3n) is 12.5. The van der Waals surface area contributed by atoms with Crippen LogP contribution in [0.2, 0.25) is 15.1 Å². The molecule has 0 radical (unpaired) electrons. The lowest BCUT2D eigenvalue weighted by molar-refractivity contribution is -0.147. The topological polar surface area (TPSA) is 54.0 Å². The predicted octanol–water partition coefficient (Wildman–Crippen LogP) is 8.38. The number of esters is 1. The number of hydrogen-bond donors (Lipinski definition) is 0. The summed E-state index contributed by atoms with van der Waals surface area (Å²) < 4.78 is 30.1. The molecule has 61 heavy (non-hydrogen) atoms. The number of hydrogen-bond acceptors (Lipinski definition) is 5. The highest BCUT2D eigenvalue weighted by molar-refractivity contribution is 7.01. The minimum Gasteiger partial charge on any atom is -0.455 e. The predicted molar refractivity (Wildman–Crippen MR) is 258 cm³/mol. The molecule has 8 heteroatoms. The lowest BCUT2D eigenvalue weighted by Crippen LogP contribution is -2.72. The van der Waals surface area contributed by atoms with Crippen LogP contribution in [-0.4, -0.2) is 55.8 Å². The summed E-state index contributed by atoms with van der Waals surface area (Å²) in [6.45, 7) is 20.4. The molecule has 0 amide bonds. The Morgan fingerprint density at radius 2 is 0.672 bits per heavy atom. The molecular weight excluding hydrogens is 801 g/mol. The van der Waals surface area contributed by atoms with Crippen molar-refractivity contribution >= 4 is 62.0 Å². The van der Waals surface area contributed by atoms with Gasteiger partial charge in [0.25, 0.3) is 25.0 Å². The Hall–Kier alpha value is -4.68. The Labute approximate surface area is 367 Å². The van der Waals surface area contributed by atoms with Crippen molar-refractivity contribution in [2.24, 2.45) is 0 Å². The van der Waals surface area contributed by atoms with Crippen molar-refractivity contribution in [2.75, 3.05) is 6.61 Å². The molecule has 1 aliphatic rings. The summed E-state index contributed by atoms with van der Waals surface area (Å²) in [6.07, 6.45) is -2.65. The van der Waals surface area contributed by atoms with Gasteiger partial charge in [-0.05, 0) is 46.2 Å². The second-order valence-electron chi connectivity index (χ2n) is 19.4. The molecule has 5 nitrogen and oxygen atoms in total. The molecule has 1 saturated heterocycles. The molecule has 1 aliphatic heterocycles. The average Bonchev–Trinajstić information content (AvgIpc) is 3.54. The van der Waals surface area contributed by atoms with Gasteiger partial charge in [-0.25, -0.2) is 4.79 Å². The fourth-order valence-corrected chi connectivity index (χ4v) is 23.6. The zero-order chi connectivity index (χ0) is 43.5. The van der Waals surface area contributed by atoms with E-state index in [2.05, 4.69) is 220 Å². The lowest BCUT2D eigenvalue weighted by Gasteiger charge is -2.48. The summed E-state index contributed by atoms with van der Waals surface area (Å²) >= 11 is 0. The molecule has 316 valence electrons. The maximum Gasteiger partial charge on any atom is 0.337 e. The molecule has 0 bridgehead atoms. The van der Waals surface area contributed by atoms with E-state index in [4.69, 9.17) is 18.0 Å². The summed E-state index contributed by atoms with van der Waals surface area (Å²) in [7, 11) is -9.65. The van der Waals surface area contributed by atoms with E-state index < -0.39 is 54.3 Å². The average molecular weight is 863 g/mol. The van der Waals surface area contributed by atoms with Crippen LogP contribution in [0.25, 0.3) is 0 Å². The van der Waals surface area contributed by atoms with Crippen molar-refractivity contribution in [2.45, 2.75) is 95.7 Å². The molecule has 1 heterocycles. The fourth-order valence-electron chi connectivity index (χ4n) is 9.74. The van der Waals surface area contributed by atoms with E-state index in [-0.39, 0.29) is 16.7 Å². The quantitative estimate of drug-likeness (QED) is 0.0864. The number of cyclic esters (lactones) is 1. The van der Waals surface area contributed by atoms with Crippen LogP contribution >= 0.6 is 0 Å². The Morgan fingerprint density at radius 3 is 0.951 bits per heavy atom. The van der Waals surface area contributed by atoms with Gasteiger partial charge in [-0.1, -0.05) is 244 Å². The van der Waals surface area contributed by atoms with Crippen LogP contribution in [-0.2, 0) is 22.8 Å². The first-order valence-corrected chi connectivity index (χ1v) is 27.3. The second kappa shape index (κ2) is 17.6. The summed E-state index contributed by atoms with van der Waals surface area (Å²) in [5.74, 6) is -0.424. The summed E-state index contributed by atoms with van der Waals surface area (Å²) in [5.41, 5.74) is 0. The fraction of sp³-hybridized carbons (Fsp3) is 0.302. The van der Waals surface area contributed by atoms with Gasteiger partial charge < -0.3 is 18.0 Å². The van der Waals surface area contributed by atoms with Crippen molar-refractivity contribution < 1.29 is 22.8 Å². The van der Waals surface area contributed by atoms with Crippen LogP contribution < -0.4 is 31.1 Å². The van der Waals surface area contributed by atoms with Crippen LogP contribution in [0, 0.1) is 0 Å². The van der Waals surface area contributed by atoms with E-state index >= 15 is 4.79 Å². The third-order valence-corrected chi connectivity index (χ3v) is 27.5. The SMILES string of the molecule is CC(C)(C)[Si](OC[C@H]1OC(=O)[C@H](O[Si](c2ccccc2)(c2ccccc2)C(C)(C)C)[C@@H]1O[Si](c1ccccc1)(c1ccccc1)C(C)(C)C)(c1ccccc1)c1ccccc1. The van der Waals surface area contributed by atoms with Gasteiger partial charge in [0, 0.05) is 0 Å². The highest BCUT2D eigenvalue weighted by atomic mass is 28.4. The zero-order valence-corrected chi connectivity index (χ0v) is 40.3. The standard InChI is InChI=1S/C53H62O5Si3/c1-51(2,3)59(41-28-16-10-17-29-41,42-30-18-11-19-31-42)55-40-47-48(57-60(52(4,5)6,43-32-20-12-21-33-43)44-34-22-13-23-35-44)49(50(54)56-47)58-61(53(7,8)9,45-36-24-14-25-37-45)46-38-26-15-27-39-46/h10-39,47-49H,40H2,1-9H3/t47-,48-,49-/m1/s1.